The van der Waals surface area contributed by atoms with Crippen LogP contribution in [0.3, 0.4) is 0 Å². The van der Waals surface area contributed by atoms with Crippen molar-refractivity contribution >= 4 is 29.3 Å². The van der Waals surface area contributed by atoms with Crippen LogP contribution in [0.1, 0.15) is 38.3 Å². The lowest BCUT2D eigenvalue weighted by Gasteiger charge is -2.32. The van der Waals surface area contributed by atoms with Gasteiger partial charge >= 0.3 is 5.97 Å². The molecule has 0 spiro atoms. The number of nitrogens with zero attached hydrogens (tertiary/aromatic N) is 1. The van der Waals surface area contributed by atoms with Crippen molar-refractivity contribution in [3.8, 4) is 0 Å². The fourth-order valence-electron chi connectivity index (χ4n) is 2.67. The lowest BCUT2D eigenvalue weighted by atomic mass is 10.0. The van der Waals surface area contributed by atoms with Crippen LogP contribution < -0.4 is 4.90 Å². The number of rotatable bonds is 8. The van der Waals surface area contributed by atoms with Crippen LogP contribution in [0.15, 0.2) is 18.2 Å². The molecular formula is C19H29NO4S. The maximum Gasteiger partial charge on any atom is 0.326 e. The zero-order valence-corrected chi connectivity index (χ0v) is 16.8. The van der Waals surface area contributed by atoms with Gasteiger partial charge in [-0.2, -0.15) is 11.8 Å². The van der Waals surface area contributed by atoms with Gasteiger partial charge in [-0.15, -0.1) is 0 Å². The van der Waals surface area contributed by atoms with Gasteiger partial charge in [0, 0.05) is 11.9 Å². The molecule has 0 aliphatic carbocycles. The standard InChI is InChI=1S/C19H29NO4S/c1-13-8-7-9-14(2)17(13)20(16(21)12-24-6)15(18(22)23)10-11-25-19(3,4)5/h7-9,15H,10-12H2,1-6H3,(H,22,23). The molecule has 0 aliphatic heterocycles. The Labute approximate surface area is 154 Å². The first kappa shape index (κ1) is 21.5. The molecule has 1 atom stereocenters. The molecule has 140 valence electrons. The molecule has 1 unspecified atom stereocenters. The maximum absolute atomic E-state index is 12.7. The molecule has 0 aliphatic rings. The van der Waals surface area contributed by atoms with Crippen LogP contribution >= 0.6 is 11.8 Å². The number of anilines is 1. The van der Waals surface area contributed by atoms with E-state index in [4.69, 9.17) is 4.74 Å². The normalized spacial score (nSPS) is 12.7. The van der Waals surface area contributed by atoms with Crippen LogP contribution in [-0.2, 0) is 14.3 Å². The number of aliphatic carboxylic acids is 1. The van der Waals surface area contributed by atoms with Gasteiger partial charge < -0.3 is 9.84 Å². The number of amides is 1. The third-order valence-corrected chi connectivity index (χ3v) is 5.05. The summed E-state index contributed by atoms with van der Waals surface area (Å²) in [5.74, 6) is -0.683. The van der Waals surface area contributed by atoms with Crippen LogP contribution in [0.2, 0.25) is 0 Å². The highest BCUT2D eigenvalue weighted by atomic mass is 32.2. The Hall–Kier alpha value is -1.53. The first-order chi connectivity index (χ1) is 11.6. The average Bonchev–Trinajstić information content (AvgIpc) is 2.47. The molecule has 0 saturated carbocycles. The summed E-state index contributed by atoms with van der Waals surface area (Å²) < 4.78 is 5.03. The highest BCUT2D eigenvalue weighted by Crippen LogP contribution is 2.30. The number of ether oxygens (including phenoxy) is 1. The molecule has 1 rings (SSSR count). The second-order valence-electron chi connectivity index (χ2n) is 7.04. The summed E-state index contributed by atoms with van der Waals surface area (Å²) >= 11 is 1.69. The van der Waals surface area contributed by atoms with Crippen molar-refractivity contribution < 1.29 is 19.4 Å². The topological polar surface area (TPSA) is 66.8 Å². The fourth-order valence-corrected chi connectivity index (χ4v) is 3.63. The highest BCUT2D eigenvalue weighted by Gasteiger charge is 2.32. The predicted molar refractivity (Wildman–Crippen MR) is 104 cm³/mol. The van der Waals surface area contributed by atoms with E-state index in [1.54, 1.807) is 11.8 Å². The van der Waals surface area contributed by atoms with E-state index < -0.39 is 12.0 Å². The Balaban J connectivity index is 3.22. The molecule has 0 radical (unpaired) electrons. The number of hydrogen-bond donors (Lipinski definition) is 1. The van der Waals surface area contributed by atoms with E-state index in [1.807, 2.05) is 32.0 Å². The van der Waals surface area contributed by atoms with E-state index in [-0.39, 0.29) is 17.3 Å². The quantitative estimate of drug-likeness (QED) is 0.759. The second-order valence-corrected chi connectivity index (χ2v) is 8.96. The molecule has 1 amide bonds. The van der Waals surface area contributed by atoms with Crippen molar-refractivity contribution in [1.82, 2.24) is 0 Å². The molecule has 1 N–H and O–H groups in total. The lowest BCUT2D eigenvalue weighted by Crippen LogP contribution is -2.48. The van der Waals surface area contributed by atoms with Gasteiger partial charge in [-0.25, -0.2) is 4.79 Å². The summed E-state index contributed by atoms with van der Waals surface area (Å²) in [5.41, 5.74) is 2.41. The number of carbonyl (C=O) groups is 2. The third-order valence-electron chi connectivity index (χ3n) is 3.74. The zero-order chi connectivity index (χ0) is 19.2. The third kappa shape index (κ3) is 6.36. The van der Waals surface area contributed by atoms with E-state index in [0.717, 1.165) is 11.1 Å². The number of hydrogen-bond acceptors (Lipinski definition) is 4. The van der Waals surface area contributed by atoms with Crippen molar-refractivity contribution in [2.24, 2.45) is 0 Å². The van der Waals surface area contributed by atoms with Crippen LogP contribution in [0.25, 0.3) is 0 Å². The van der Waals surface area contributed by atoms with Gasteiger partial charge in [0.15, 0.2) is 0 Å². The fraction of sp³-hybridized carbons (Fsp3) is 0.579. The van der Waals surface area contributed by atoms with Crippen molar-refractivity contribution in [3.63, 3.8) is 0 Å². The number of para-hydroxylation sites is 1. The van der Waals surface area contributed by atoms with Crippen LogP contribution in [0, 0.1) is 13.8 Å². The smallest absolute Gasteiger partial charge is 0.326 e. The SMILES string of the molecule is COCC(=O)N(c1c(C)cccc1C)C(CCSC(C)(C)C)C(=O)O. The number of aryl methyl sites for hydroxylation is 2. The number of carbonyl (C=O) groups excluding carboxylic acids is 1. The minimum atomic E-state index is -0.999. The molecule has 6 heteroatoms. The molecular weight excluding hydrogens is 338 g/mol. The number of thioether (sulfide) groups is 1. The van der Waals surface area contributed by atoms with Gasteiger partial charge in [0.25, 0.3) is 5.91 Å². The van der Waals surface area contributed by atoms with E-state index in [0.29, 0.717) is 17.9 Å². The van der Waals surface area contributed by atoms with Gasteiger partial charge in [-0.05, 0) is 37.1 Å². The van der Waals surface area contributed by atoms with Crippen molar-refractivity contribution in [3.05, 3.63) is 29.3 Å². The molecule has 1 aromatic rings. The monoisotopic (exact) mass is 367 g/mol. The van der Waals surface area contributed by atoms with Crippen LogP contribution in [-0.4, -0.2) is 47.2 Å². The van der Waals surface area contributed by atoms with Gasteiger partial charge in [0.1, 0.15) is 12.6 Å². The van der Waals surface area contributed by atoms with Crippen molar-refractivity contribution in [2.75, 3.05) is 24.4 Å². The van der Waals surface area contributed by atoms with E-state index in [2.05, 4.69) is 20.8 Å². The molecule has 0 aromatic heterocycles. The lowest BCUT2D eigenvalue weighted by molar-refractivity contribution is -0.140. The summed E-state index contributed by atoms with van der Waals surface area (Å²) in [7, 11) is 1.44. The van der Waals surface area contributed by atoms with Crippen LogP contribution in [0.4, 0.5) is 5.69 Å². The molecule has 1 aromatic carbocycles. The van der Waals surface area contributed by atoms with Gasteiger partial charge in [0.05, 0.1) is 5.69 Å². The Morgan fingerprint density at radius 2 is 1.80 bits per heavy atom. The molecule has 0 bridgehead atoms. The molecule has 25 heavy (non-hydrogen) atoms. The first-order valence-corrected chi connectivity index (χ1v) is 9.31. The highest BCUT2D eigenvalue weighted by molar-refractivity contribution is 8.00. The number of benzene rings is 1. The van der Waals surface area contributed by atoms with Crippen LogP contribution in [0.5, 0.6) is 0 Å². The molecule has 5 nitrogen and oxygen atoms in total. The van der Waals surface area contributed by atoms with E-state index in [1.165, 1.54) is 12.0 Å². The van der Waals surface area contributed by atoms with Gasteiger partial charge in [-0.3, -0.25) is 9.69 Å². The number of methoxy groups -OCH3 is 1. The van der Waals surface area contributed by atoms with E-state index >= 15 is 0 Å². The first-order valence-electron chi connectivity index (χ1n) is 8.32. The minimum absolute atomic E-state index is 0.0446. The summed E-state index contributed by atoms with van der Waals surface area (Å²) in [6, 6.07) is 4.76. The Kier molecular flexibility index (Phi) is 7.96. The molecule has 0 fully saturated rings. The zero-order valence-electron chi connectivity index (χ0n) is 16.0. The van der Waals surface area contributed by atoms with Gasteiger partial charge in [0.2, 0.25) is 0 Å². The van der Waals surface area contributed by atoms with Gasteiger partial charge in [-0.1, -0.05) is 39.0 Å². The van der Waals surface area contributed by atoms with Crippen molar-refractivity contribution in [1.29, 1.82) is 0 Å². The Morgan fingerprint density at radius 3 is 2.24 bits per heavy atom. The summed E-state index contributed by atoms with van der Waals surface area (Å²) in [5, 5.41) is 9.79. The second kappa shape index (κ2) is 9.25. The largest absolute Gasteiger partial charge is 0.480 e. The summed E-state index contributed by atoms with van der Waals surface area (Å²) in [6.45, 7) is 9.90. The maximum atomic E-state index is 12.7. The Bertz CT molecular complexity index is 590. The average molecular weight is 368 g/mol. The summed E-state index contributed by atoms with van der Waals surface area (Å²) in [4.78, 5) is 26.0. The van der Waals surface area contributed by atoms with Crippen molar-refractivity contribution in [2.45, 2.75) is 51.8 Å². The molecule has 0 heterocycles. The molecule has 0 saturated heterocycles. The summed E-state index contributed by atoms with van der Waals surface area (Å²) in [6.07, 6.45) is 0.375. The minimum Gasteiger partial charge on any atom is -0.480 e. The Morgan fingerprint density at radius 1 is 1.24 bits per heavy atom. The number of carboxylic acid groups (broad SMARTS) is 1. The van der Waals surface area contributed by atoms with E-state index in [9.17, 15) is 14.7 Å². The predicted octanol–water partition coefficient (Wildman–Crippen LogP) is 3.66. The number of carboxylic acids is 1.